The van der Waals surface area contributed by atoms with Crippen LogP contribution in [0.3, 0.4) is 0 Å². The fraction of sp³-hybridized carbons (Fsp3) is 0.562. The third kappa shape index (κ3) is 4.22. The first-order chi connectivity index (χ1) is 10.4. The fourth-order valence-corrected chi connectivity index (χ4v) is 4.54. The highest BCUT2D eigenvalue weighted by Crippen LogP contribution is 2.18. The van der Waals surface area contributed by atoms with E-state index in [1.807, 2.05) is 18.2 Å². The van der Waals surface area contributed by atoms with Crippen molar-refractivity contribution in [3.05, 3.63) is 29.8 Å². The van der Waals surface area contributed by atoms with E-state index in [0.717, 1.165) is 12.1 Å². The lowest BCUT2D eigenvalue weighted by molar-refractivity contribution is -0.131. The van der Waals surface area contributed by atoms with Crippen molar-refractivity contribution in [3.8, 4) is 0 Å². The summed E-state index contributed by atoms with van der Waals surface area (Å²) in [5.74, 6) is 0.280. The lowest BCUT2D eigenvalue weighted by Crippen LogP contribution is -2.38. The zero-order valence-corrected chi connectivity index (χ0v) is 14.0. The minimum absolute atomic E-state index is 0.0106. The normalized spacial score (nSPS) is 19.8. The molecule has 0 radical (unpaired) electrons. The van der Waals surface area contributed by atoms with E-state index in [-0.39, 0.29) is 23.5 Å². The van der Waals surface area contributed by atoms with Crippen molar-refractivity contribution in [1.82, 2.24) is 4.90 Å². The molecule has 6 heteroatoms. The lowest BCUT2D eigenvalue weighted by Gasteiger charge is -2.23. The number of nitrogens with zero attached hydrogens (tertiary/aromatic N) is 1. The van der Waals surface area contributed by atoms with Crippen LogP contribution >= 0.6 is 0 Å². The summed E-state index contributed by atoms with van der Waals surface area (Å²) < 4.78 is 23.0. The Hall–Kier alpha value is -1.56. The van der Waals surface area contributed by atoms with Crippen LogP contribution in [0.5, 0.6) is 0 Å². The molecule has 1 unspecified atom stereocenters. The van der Waals surface area contributed by atoms with Gasteiger partial charge in [-0.1, -0.05) is 25.1 Å². The Morgan fingerprint density at radius 2 is 2.09 bits per heavy atom. The number of nitrogens with one attached hydrogen (secondary N) is 1. The van der Waals surface area contributed by atoms with Crippen molar-refractivity contribution in [3.63, 3.8) is 0 Å². The number of sulfone groups is 1. The Balaban J connectivity index is 1.83. The average molecular weight is 324 g/mol. The van der Waals surface area contributed by atoms with Gasteiger partial charge in [0, 0.05) is 31.7 Å². The van der Waals surface area contributed by atoms with Gasteiger partial charge in [0.25, 0.3) is 0 Å². The van der Waals surface area contributed by atoms with Crippen LogP contribution in [0.25, 0.3) is 0 Å². The number of benzene rings is 1. The molecule has 0 aromatic heterocycles. The van der Waals surface area contributed by atoms with Gasteiger partial charge in [-0.25, -0.2) is 8.42 Å². The van der Waals surface area contributed by atoms with Gasteiger partial charge in [0.2, 0.25) is 5.91 Å². The summed E-state index contributed by atoms with van der Waals surface area (Å²) in [7, 11) is -1.25. The van der Waals surface area contributed by atoms with E-state index in [4.69, 9.17) is 0 Å². The second-order valence-electron chi connectivity index (χ2n) is 5.75. The summed E-state index contributed by atoms with van der Waals surface area (Å²) in [5.41, 5.74) is 2.29. The number of aryl methyl sites for hydroxylation is 1. The molecule has 5 nitrogen and oxygen atoms in total. The van der Waals surface area contributed by atoms with Gasteiger partial charge in [-0.05, 0) is 24.5 Å². The van der Waals surface area contributed by atoms with Gasteiger partial charge in [-0.15, -0.1) is 0 Å². The molecular formula is C16H24N2O3S. The van der Waals surface area contributed by atoms with Crippen molar-refractivity contribution in [2.24, 2.45) is 0 Å². The van der Waals surface area contributed by atoms with E-state index >= 15 is 0 Å². The third-order valence-corrected chi connectivity index (χ3v) is 5.95. The summed E-state index contributed by atoms with van der Waals surface area (Å²) in [6.07, 6.45) is 1.86. The largest absolute Gasteiger partial charge is 0.384 e. The summed E-state index contributed by atoms with van der Waals surface area (Å²) in [4.78, 5) is 13.8. The molecule has 1 aromatic carbocycles. The molecule has 1 N–H and O–H groups in total. The van der Waals surface area contributed by atoms with E-state index in [9.17, 15) is 13.2 Å². The third-order valence-electron chi connectivity index (χ3n) is 4.20. The molecule has 1 saturated heterocycles. The van der Waals surface area contributed by atoms with Gasteiger partial charge in [0.1, 0.15) is 0 Å². The lowest BCUT2D eigenvalue weighted by atomic mass is 10.1. The quantitative estimate of drug-likeness (QED) is 0.865. The van der Waals surface area contributed by atoms with E-state index in [1.165, 1.54) is 5.56 Å². The van der Waals surface area contributed by atoms with Crippen LogP contribution in [0, 0.1) is 0 Å². The number of rotatable bonds is 6. The maximum atomic E-state index is 12.2. The maximum Gasteiger partial charge on any atom is 0.224 e. The van der Waals surface area contributed by atoms with Gasteiger partial charge in [-0.2, -0.15) is 0 Å². The summed E-state index contributed by atoms with van der Waals surface area (Å²) in [6.45, 7) is 2.65. The van der Waals surface area contributed by atoms with Gasteiger partial charge >= 0.3 is 0 Å². The molecule has 1 fully saturated rings. The summed E-state index contributed by atoms with van der Waals surface area (Å²) >= 11 is 0. The van der Waals surface area contributed by atoms with Crippen LogP contribution in [0.1, 0.15) is 25.3 Å². The van der Waals surface area contributed by atoms with Crippen molar-refractivity contribution in [2.45, 2.75) is 32.2 Å². The van der Waals surface area contributed by atoms with E-state index in [2.05, 4.69) is 18.3 Å². The zero-order valence-electron chi connectivity index (χ0n) is 13.2. The molecule has 22 heavy (non-hydrogen) atoms. The molecule has 1 aliphatic heterocycles. The number of amides is 1. The minimum Gasteiger partial charge on any atom is -0.384 e. The second kappa shape index (κ2) is 7.13. The molecule has 1 amide bonds. The fourth-order valence-electron chi connectivity index (χ4n) is 2.77. The predicted molar refractivity (Wildman–Crippen MR) is 88.8 cm³/mol. The standard InChI is InChI=1S/C16H24N2O3S/c1-3-13-6-4-5-7-15(13)17-10-8-16(19)18(2)14-9-11-22(20,21)12-14/h4-7,14,17H,3,8-12H2,1-2H3. The Kier molecular flexibility index (Phi) is 5.45. The smallest absolute Gasteiger partial charge is 0.224 e. The topological polar surface area (TPSA) is 66.5 Å². The Morgan fingerprint density at radius 3 is 2.73 bits per heavy atom. The highest BCUT2D eigenvalue weighted by Gasteiger charge is 2.32. The monoisotopic (exact) mass is 324 g/mol. The molecule has 1 aliphatic rings. The molecule has 0 aliphatic carbocycles. The van der Waals surface area contributed by atoms with Crippen molar-refractivity contribution in [1.29, 1.82) is 0 Å². The van der Waals surface area contributed by atoms with Crippen molar-refractivity contribution in [2.75, 3.05) is 30.4 Å². The van der Waals surface area contributed by atoms with E-state index < -0.39 is 9.84 Å². The first-order valence-electron chi connectivity index (χ1n) is 7.71. The average Bonchev–Trinajstić information content (AvgIpc) is 2.87. The molecule has 1 heterocycles. The number of carbonyl (C=O) groups is 1. The molecule has 0 spiro atoms. The van der Waals surface area contributed by atoms with Crippen LogP contribution in [-0.4, -0.2) is 50.4 Å². The van der Waals surface area contributed by atoms with Crippen molar-refractivity contribution >= 4 is 21.4 Å². The van der Waals surface area contributed by atoms with Crippen LogP contribution < -0.4 is 5.32 Å². The Labute approximate surface area is 132 Å². The molecule has 1 atom stereocenters. The highest BCUT2D eigenvalue weighted by atomic mass is 32.2. The minimum atomic E-state index is -2.96. The van der Waals surface area contributed by atoms with Crippen LogP contribution in [0.2, 0.25) is 0 Å². The van der Waals surface area contributed by atoms with Gasteiger partial charge in [-0.3, -0.25) is 4.79 Å². The number of para-hydroxylation sites is 1. The highest BCUT2D eigenvalue weighted by molar-refractivity contribution is 7.91. The van der Waals surface area contributed by atoms with Crippen LogP contribution in [0.15, 0.2) is 24.3 Å². The molecule has 1 aromatic rings. The first-order valence-corrected chi connectivity index (χ1v) is 9.53. The summed E-state index contributed by atoms with van der Waals surface area (Å²) in [5, 5.41) is 3.29. The Morgan fingerprint density at radius 1 is 1.36 bits per heavy atom. The van der Waals surface area contributed by atoms with Gasteiger partial charge in [0.15, 0.2) is 9.84 Å². The number of anilines is 1. The van der Waals surface area contributed by atoms with Crippen LogP contribution in [-0.2, 0) is 21.1 Å². The Bertz CT molecular complexity index is 628. The first kappa shape index (κ1) is 16.8. The van der Waals surface area contributed by atoms with Crippen LogP contribution in [0.4, 0.5) is 5.69 Å². The maximum absolute atomic E-state index is 12.2. The molecule has 0 bridgehead atoms. The second-order valence-corrected chi connectivity index (χ2v) is 7.98. The van der Waals surface area contributed by atoms with E-state index in [1.54, 1.807) is 11.9 Å². The SMILES string of the molecule is CCc1ccccc1NCCC(=O)N(C)C1CCS(=O)(=O)C1. The van der Waals surface area contributed by atoms with Gasteiger partial charge < -0.3 is 10.2 Å². The van der Waals surface area contributed by atoms with E-state index in [0.29, 0.717) is 19.4 Å². The number of hydrogen-bond acceptors (Lipinski definition) is 4. The molecule has 122 valence electrons. The zero-order chi connectivity index (χ0) is 16.2. The molecule has 0 saturated carbocycles. The predicted octanol–water partition coefficient (Wildman–Crippen LogP) is 1.70. The van der Waals surface area contributed by atoms with Crippen molar-refractivity contribution < 1.29 is 13.2 Å². The molecule has 2 rings (SSSR count). The number of carbonyl (C=O) groups excluding carboxylic acids is 1. The van der Waals surface area contributed by atoms with Gasteiger partial charge in [0.05, 0.1) is 11.5 Å². The number of hydrogen-bond donors (Lipinski definition) is 1. The molecular weight excluding hydrogens is 300 g/mol. The summed E-state index contributed by atoms with van der Waals surface area (Å²) in [6, 6.07) is 7.89.